The molecule has 4 aromatic rings. The van der Waals surface area contributed by atoms with Crippen LogP contribution < -0.4 is 5.32 Å². The number of halogens is 1. The van der Waals surface area contributed by atoms with E-state index in [2.05, 4.69) is 25.5 Å². The molecule has 0 aliphatic carbocycles. The summed E-state index contributed by atoms with van der Waals surface area (Å²) < 4.78 is 20.6. The Morgan fingerprint density at radius 3 is 2.63 bits per heavy atom. The van der Waals surface area contributed by atoms with E-state index in [1.54, 1.807) is 37.3 Å². The zero-order chi connectivity index (χ0) is 18.8. The Balaban J connectivity index is 1.50. The van der Waals surface area contributed by atoms with E-state index < -0.39 is 5.82 Å². The number of benzene rings is 2. The van der Waals surface area contributed by atoms with Crippen molar-refractivity contribution in [2.45, 2.75) is 6.92 Å². The van der Waals surface area contributed by atoms with Crippen LogP contribution in [0.1, 0.15) is 16.2 Å². The predicted octanol–water partition coefficient (Wildman–Crippen LogP) is 3.02. The van der Waals surface area contributed by atoms with Crippen LogP contribution in [0.3, 0.4) is 0 Å². The number of nitrogens with one attached hydrogen (secondary N) is 1. The molecule has 2 aromatic heterocycles. The number of anilines is 1. The molecule has 0 bridgehead atoms. The van der Waals surface area contributed by atoms with Gasteiger partial charge in [0.25, 0.3) is 11.8 Å². The van der Waals surface area contributed by atoms with Crippen LogP contribution in [0.2, 0.25) is 0 Å². The minimum Gasteiger partial charge on any atom is -0.334 e. The number of nitrogens with zero attached hydrogens (tertiary/aromatic N) is 5. The van der Waals surface area contributed by atoms with Crippen molar-refractivity contribution in [3.8, 4) is 17.1 Å². The van der Waals surface area contributed by atoms with Crippen LogP contribution in [0.25, 0.3) is 17.1 Å². The number of hydrogen-bond acceptors (Lipinski definition) is 6. The van der Waals surface area contributed by atoms with Crippen LogP contribution in [-0.2, 0) is 0 Å². The highest BCUT2D eigenvalue weighted by Gasteiger charge is 2.11. The quantitative estimate of drug-likeness (QED) is 0.598. The third-order valence-electron chi connectivity index (χ3n) is 3.79. The van der Waals surface area contributed by atoms with Crippen molar-refractivity contribution < 1.29 is 13.7 Å². The Kier molecular flexibility index (Phi) is 4.17. The fourth-order valence-electron chi connectivity index (χ4n) is 2.48. The topological polar surface area (TPSA) is 98.7 Å². The molecule has 134 valence electrons. The van der Waals surface area contributed by atoms with Crippen LogP contribution in [0.15, 0.2) is 59.6 Å². The van der Waals surface area contributed by atoms with Gasteiger partial charge in [0.2, 0.25) is 0 Å². The van der Waals surface area contributed by atoms with Crippen LogP contribution in [0.4, 0.5) is 10.1 Å². The Hall–Kier alpha value is -3.88. The highest BCUT2D eigenvalue weighted by Crippen LogP contribution is 2.20. The lowest BCUT2D eigenvalue weighted by atomic mass is 10.1. The first kappa shape index (κ1) is 16.6. The third kappa shape index (κ3) is 3.43. The van der Waals surface area contributed by atoms with E-state index in [9.17, 15) is 9.18 Å². The molecule has 1 amide bonds. The van der Waals surface area contributed by atoms with Gasteiger partial charge in [-0.2, -0.15) is 10.1 Å². The number of hydrogen-bond donors (Lipinski definition) is 1. The first-order chi connectivity index (χ1) is 13.1. The summed E-state index contributed by atoms with van der Waals surface area (Å²) in [5.41, 5.74) is 1.69. The molecule has 0 fully saturated rings. The van der Waals surface area contributed by atoms with Gasteiger partial charge in [-0.05, 0) is 49.4 Å². The number of rotatable bonds is 4. The average molecular weight is 364 g/mol. The van der Waals surface area contributed by atoms with Crippen molar-refractivity contribution in [3.63, 3.8) is 0 Å². The molecule has 0 atom stereocenters. The monoisotopic (exact) mass is 364 g/mol. The predicted molar refractivity (Wildman–Crippen MR) is 93.7 cm³/mol. The molecule has 8 nitrogen and oxygen atoms in total. The molecular weight excluding hydrogens is 351 g/mol. The van der Waals surface area contributed by atoms with Gasteiger partial charge in [-0.1, -0.05) is 5.16 Å². The molecule has 0 saturated heterocycles. The fraction of sp³-hybridized carbons (Fsp3) is 0.0556. The highest BCUT2D eigenvalue weighted by atomic mass is 19.1. The lowest BCUT2D eigenvalue weighted by Gasteiger charge is -2.08. The van der Waals surface area contributed by atoms with Gasteiger partial charge in [-0.15, -0.1) is 0 Å². The molecule has 27 heavy (non-hydrogen) atoms. The zero-order valence-electron chi connectivity index (χ0n) is 14.1. The van der Waals surface area contributed by atoms with Crippen LogP contribution in [-0.4, -0.2) is 30.8 Å². The first-order valence-electron chi connectivity index (χ1n) is 7.97. The van der Waals surface area contributed by atoms with E-state index in [0.29, 0.717) is 28.5 Å². The molecule has 1 N–H and O–H groups in total. The summed E-state index contributed by atoms with van der Waals surface area (Å²) in [6.45, 7) is 1.72. The minimum absolute atomic E-state index is 0.240. The highest BCUT2D eigenvalue weighted by molar-refractivity contribution is 6.04. The molecule has 2 aromatic carbocycles. The number of carbonyl (C=O) groups is 1. The van der Waals surface area contributed by atoms with Crippen LogP contribution in [0, 0.1) is 12.7 Å². The SMILES string of the molecule is Cc1noc(-c2ccc(C(=O)Nc3ccc(-n4cncn4)c(F)c3)cc2)n1. The Labute approximate surface area is 152 Å². The first-order valence-corrected chi connectivity index (χ1v) is 7.97. The summed E-state index contributed by atoms with van der Waals surface area (Å²) in [6, 6.07) is 11.0. The van der Waals surface area contributed by atoms with Gasteiger partial charge in [0.15, 0.2) is 11.6 Å². The normalized spacial score (nSPS) is 10.7. The number of amides is 1. The maximum Gasteiger partial charge on any atom is 0.257 e. The fourth-order valence-corrected chi connectivity index (χ4v) is 2.48. The largest absolute Gasteiger partial charge is 0.334 e. The molecule has 0 saturated carbocycles. The van der Waals surface area contributed by atoms with Crippen molar-refractivity contribution >= 4 is 11.6 Å². The Bertz CT molecular complexity index is 1090. The standard InChI is InChI=1S/C18H13FN6O2/c1-11-22-18(27-24-11)13-4-2-12(3-5-13)17(26)23-14-6-7-16(15(19)8-14)25-10-20-9-21-25/h2-10H,1H3,(H,23,26). The molecule has 0 aliphatic heterocycles. The summed E-state index contributed by atoms with van der Waals surface area (Å²) in [5.74, 6) is 0.0185. The van der Waals surface area contributed by atoms with Crippen molar-refractivity contribution in [2.24, 2.45) is 0 Å². The third-order valence-corrected chi connectivity index (χ3v) is 3.79. The molecule has 4 rings (SSSR count). The van der Waals surface area contributed by atoms with E-state index in [-0.39, 0.29) is 11.6 Å². The maximum absolute atomic E-state index is 14.2. The van der Waals surface area contributed by atoms with Crippen molar-refractivity contribution in [2.75, 3.05) is 5.32 Å². The van der Waals surface area contributed by atoms with E-state index in [4.69, 9.17) is 4.52 Å². The molecule has 2 heterocycles. The molecule has 9 heteroatoms. The second-order valence-electron chi connectivity index (χ2n) is 5.68. The summed E-state index contributed by atoms with van der Waals surface area (Å²) >= 11 is 0. The molecule has 0 unspecified atom stereocenters. The lowest BCUT2D eigenvalue weighted by Crippen LogP contribution is -2.12. The summed E-state index contributed by atoms with van der Waals surface area (Å²) in [5, 5.41) is 10.3. The summed E-state index contributed by atoms with van der Waals surface area (Å²) in [7, 11) is 0. The molecule has 0 radical (unpaired) electrons. The molecule has 0 spiro atoms. The van der Waals surface area contributed by atoms with Gasteiger partial charge in [-0.3, -0.25) is 4.79 Å². The summed E-state index contributed by atoms with van der Waals surface area (Å²) in [6.07, 6.45) is 2.71. The Morgan fingerprint density at radius 1 is 1.19 bits per heavy atom. The van der Waals surface area contributed by atoms with Gasteiger partial charge in [0, 0.05) is 16.8 Å². The molecule has 0 aliphatic rings. The minimum atomic E-state index is -0.527. The number of aromatic nitrogens is 5. The van der Waals surface area contributed by atoms with Crippen molar-refractivity contribution in [3.05, 3.63) is 72.3 Å². The van der Waals surface area contributed by atoms with Crippen molar-refractivity contribution in [1.29, 1.82) is 0 Å². The summed E-state index contributed by atoms with van der Waals surface area (Å²) in [4.78, 5) is 20.3. The van der Waals surface area contributed by atoms with Gasteiger partial charge in [-0.25, -0.2) is 14.1 Å². The second kappa shape index (κ2) is 6.79. The number of aryl methyl sites for hydroxylation is 1. The Morgan fingerprint density at radius 2 is 2.00 bits per heavy atom. The van der Waals surface area contributed by atoms with Crippen LogP contribution >= 0.6 is 0 Å². The van der Waals surface area contributed by atoms with Crippen molar-refractivity contribution in [1.82, 2.24) is 24.9 Å². The van der Waals surface area contributed by atoms with Gasteiger partial charge < -0.3 is 9.84 Å². The van der Waals surface area contributed by atoms with Gasteiger partial charge in [0.1, 0.15) is 18.3 Å². The molecular formula is C18H13FN6O2. The lowest BCUT2D eigenvalue weighted by molar-refractivity contribution is 0.102. The smallest absolute Gasteiger partial charge is 0.257 e. The van der Waals surface area contributed by atoms with E-state index >= 15 is 0 Å². The van der Waals surface area contributed by atoms with Gasteiger partial charge >= 0.3 is 0 Å². The number of carbonyl (C=O) groups excluding carboxylic acids is 1. The zero-order valence-corrected chi connectivity index (χ0v) is 14.1. The second-order valence-corrected chi connectivity index (χ2v) is 5.68. The average Bonchev–Trinajstić information content (AvgIpc) is 3.34. The van der Waals surface area contributed by atoms with E-state index in [0.717, 1.165) is 0 Å². The van der Waals surface area contributed by atoms with Gasteiger partial charge in [0.05, 0.1) is 0 Å². The van der Waals surface area contributed by atoms with E-state index in [1.165, 1.54) is 29.5 Å². The van der Waals surface area contributed by atoms with Crippen LogP contribution in [0.5, 0.6) is 0 Å². The maximum atomic E-state index is 14.2. The van der Waals surface area contributed by atoms with E-state index in [1.807, 2.05) is 0 Å².